The molecule has 20 heavy (non-hydrogen) atoms. The molecule has 1 aliphatic carbocycles. The standard InChI is InChI=1S/C17H31NOS/c1-16(2)12-20(19,18-5)13-17(3,4)15-11-9-7-6-8-10-14(15)16/h6-13H2,1-5H3. The predicted molar refractivity (Wildman–Crippen MR) is 88.5 cm³/mol. The van der Waals surface area contributed by atoms with Gasteiger partial charge in [-0.1, -0.05) is 51.7 Å². The molecule has 2 nitrogen and oxygen atoms in total. The van der Waals surface area contributed by atoms with E-state index in [0.717, 1.165) is 11.5 Å². The van der Waals surface area contributed by atoms with Gasteiger partial charge < -0.3 is 0 Å². The molecule has 0 fully saturated rings. The van der Waals surface area contributed by atoms with Gasteiger partial charge in [0.05, 0.1) is 0 Å². The fourth-order valence-corrected chi connectivity index (χ4v) is 7.20. The first-order valence-corrected chi connectivity index (χ1v) is 9.89. The van der Waals surface area contributed by atoms with Crippen LogP contribution in [0.15, 0.2) is 15.5 Å². The van der Waals surface area contributed by atoms with Gasteiger partial charge in [0.2, 0.25) is 0 Å². The summed E-state index contributed by atoms with van der Waals surface area (Å²) in [5, 5.41) is 0. The van der Waals surface area contributed by atoms with Crippen LogP contribution in [0.4, 0.5) is 0 Å². The third kappa shape index (κ3) is 3.13. The van der Waals surface area contributed by atoms with E-state index in [1.54, 1.807) is 18.2 Å². The Morgan fingerprint density at radius 2 is 1.25 bits per heavy atom. The minimum atomic E-state index is -2.08. The number of rotatable bonds is 0. The lowest BCUT2D eigenvalue weighted by Gasteiger charge is -2.34. The van der Waals surface area contributed by atoms with Crippen molar-refractivity contribution in [1.29, 1.82) is 0 Å². The smallest absolute Gasteiger partial charge is 0.0481 e. The lowest BCUT2D eigenvalue weighted by molar-refractivity contribution is 0.416. The fourth-order valence-electron chi connectivity index (χ4n) is 4.23. The number of allylic oxidation sites excluding steroid dienone is 2. The summed E-state index contributed by atoms with van der Waals surface area (Å²) < 4.78 is 17.5. The molecule has 2 rings (SSSR count). The van der Waals surface area contributed by atoms with Gasteiger partial charge in [0, 0.05) is 28.3 Å². The van der Waals surface area contributed by atoms with Gasteiger partial charge >= 0.3 is 0 Å². The topological polar surface area (TPSA) is 29.4 Å². The van der Waals surface area contributed by atoms with Crippen molar-refractivity contribution in [2.45, 2.75) is 66.2 Å². The molecule has 0 unspecified atom stereocenters. The van der Waals surface area contributed by atoms with Crippen LogP contribution in [-0.2, 0) is 9.73 Å². The molecule has 0 saturated heterocycles. The highest BCUT2D eigenvalue weighted by atomic mass is 32.2. The van der Waals surface area contributed by atoms with Crippen LogP contribution >= 0.6 is 0 Å². The van der Waals surface area contributed by atoms with E-state index in [4.69, 9.17) is 0 Å². The zero-order chi connectivity index (χ0) is 15.0. The SMILES string of the molecule is CN=S1(=O)CC(C)(C)C2=C(CCCCCC2)C(C)(C)C1. The van der Waals surface area contributed by atoms with Gasteiger partial charge in [0.25, 0.3) is 0 Å². The number of hydrogen-bond acceptors (Lipinski definition) is 2. The van der Waals surface area contributed by atoms with Gasteiger partial charge in [0.1, 0.15) is 0 Å². The van der Waals surface area contributed by atoms with E-state index < -0.39 is 9.73 Å². The van der Waals surface area contributed by atoms with Gasteiger partial charge in [0.15, 0.2) is 0 Å². The normalized spacial score (nSPS) is 28.9. The molecule has 0 aromatic heterocycles. The second kappa shape index (κ2) is 5.47. The molecule has 0 radical (unpaired) electrons. The molecule has 116 valence electrons. The summed E-state index contributed by atoms with van der Waals surface area (Å²) in [6, 6.07) is 0. The summed E-state index contributed by atoms with van der Waals surface area (Å²) in [6.45, 7) is 9.15. The van der Waals surface area contributed by atoms with Crippen LogP contribution in [-0.4, -0.2) is 22.8 Å². The van der Waals surface area contributed by atoms with Crippen LogP contribution in [0.25, 0.3) is 0 Å². The summed E-state index contributed by atoms with van der Waals surface area (Å²) in [6.07, 6.45) is 7.68. The van der Waals surface area contributed by atoms with Crippen molar-refractivity contribution in [1.82, 2.24) is 0 Å². The summed E-state index contributed by atoms with van der Waals surface area (Å²) in [5.74, 6) is 1.47. The van der Waals surface area contributed by atoms with E-state index in [2.05, 4.69) is 32.1 Å². The Morgan fingerprint density at radius 1 is 0.850 bits per heavy atom. The number of nitrogens with zero attached hydrogens (tertiary/aromatic N) is 1. The molecule has 0 bridgehead atoms. The van der Waals surface area contributed by atoms with Gasteiger partial charge in [-0.3, -0.25) is 0 Å². The second-order valence-electron chi connectivity index (χ2n) is 7.88. The Kier molecular flexibility index (Phi) is 4.40. The second-order valence-corrected chi connectivity index (χ2v) is 10.4. The monoisotopic (exact) mass is 297 g/mol. The summed E-state index contributed by atoms with van der Waals surface area (Å²) in [5.41, 5.74) is 3.29. The fraction of sp³-hybridized carbons (Fsp3) is 0.882. The van der Waals surface area contributed by atoms with Crippen LogP contribution in [0.1, 0.15) is 66.2 Å². The zero-order valence-electron chi connectivity index (χ0n) is 13.9. The van der Waals surface area contributed by atoms with Crippen molar-refractivity contribution in [3.8, 4) is 0 Å². The highest BCUT2D eigenvalue weighted by Crippen LogP contribution is 2.47. The molecule has 0 aromatic carbocycles. The van der Waals surface area contributed by atoms with Gasteiger partial charge in [-0.2, -0.15) is 0 Å². The summed E-state index contributed by atoms with van der Waals surface area (Å²) >= 11 is 0. The first-order chi connectivity index (χ1) is 9.20. The number of hydrogen-bond donors (Lipinski definition) is 0. The molecule has 0 saturated carbocycles. The molecule has 3 heteroatoms. The molecule has 0 aromatic rings. The zero-order valence-corrected chi connectivity index (χ0v) is 14.7. The summed E-state index contributed by atoms with van der Waals surface area (Å²) in [7, 11) is -0.331. The molecule has 2 aliphatic rings. The average Bonchev–Trinajstić information content (AvgIpc) is 2.30. The van der Waals surface area contributed by atoms with E-state index >= 15 is 0 Å². The third-order valence-corrected chi connectivity index (χ3v) is 8.12. The van der Waals surface area contributed by atoms with Crippen molar-refractivity contribution >= 4 is 9.73 Å². The highest BCUT2D eigenvalue weighted by molar-refractivity contribution is 7.93. The van der Waals surface area contributed by atoms with Crippen LogP contribution in [0.5, 0.6) is 0 Å². The first kappa shape index (κ1) is 16.1. The minimum Gasteiger partial charge on any atom is -0.250 e. The molecule has 0 N–H and O–H groups in total. The van der Waals surface area contributed by atoms with E-state index in [0.29, 0.717) is 0 Å². The highest BCUT2D eigenvalue weighted by Gasteiger charge is 2.41. The Balaban J connectivity index is 2.58. The lowest BCUT2D eigenvalue weighted by atomic mass is 9.71. The first-order valence-electron chi connectivity index (χ1n) is 8.04. The van der Waals surface area contributed by atoms with Crippen LogP contribution in [0.2, 0.25) is 0 Å². The maximum Gasteiger partial charge on any atom is 0.0481 e. The molecular weight excluding hydrogens is 266 g/mol. The van der Waals surface area contributed by atoms with Crippen LogP contribution in [0.3, 0.4) is 0 Å². The largest absolute Gasteiger partial charge is 0.250 e. The predicted octanol–water partition coefficient (Wildman–Crippen LogP) is 4.80. The van der Waals surface area contributed by atoms with Crippen molar-refractivity contribution in [2.75, 3.05) is 18.6 Å². The Labute approximate surface area is 125 Å². The van der Waals surface area contributed by atoms with Gasteiger partial charge in [-0.15, -0.1) is 0 Å². The van der Waals surface area contributed by atoms with Crippen LogP contribution < -0.4 is 0 Å². The average molecular weight is 298 g/mol. The van der Waals surface area contributed by atoms with E-state index in [-0.39, 0.29) is 10.8 Å². The maximum absolute atomic E-state index is 13.1. The van der Waals surface area contributed by atoms with Crippen molar-refractivity contribution in [3.05, 3.63) is 11.1 Å². The van der Waals surface area contributed by atoms with Crippen molar-refractivity contribution in [3.63, 3.8) is 0 Å². The quantitative estimate of drug-likeness (QED) is 0.590. The molecule has 1 aliphatic heterocycles. The van der Waals surface area contributed by atoms with E-state index in [1.807, 2.05) is 0 Å². The maximum atomic E-state index is 13.1. The lowest BCUT2D eigenvalue weighted by Crippen LogP contribution is -2.27. The molecular formula is C17H31NOS. The molecule has 0 spiro atoms. The van der Waals surface area contributed by atoms with Crippen molar-refractivity contribution in [2.24, 2.45) is 15.2 Å². The van der Waals surface area contributed by atoms with E-state index in [1.165, 1.54) is 38.5 Å². The molecule has 0 amide bonds. The van der Waals surface area contributed by atoms with Crippen molar-refractivity contribution < 1.29 is 4.21 Å². The van der Waals surface area contributed by atoms with Gasteiger partial charge in [-0.05, 0) is 36.5 Å². The summed E-state index contributed by atoms with van der Waals surface area (Å²) in [4.78, 5) is 0. The third-order valence-electron chi connectivity index (χ3n) is 5.11. The van der Waals surface area contributed by atoms with Gasteiger partial charge in [-0.25, -0.2) is 8.57 Å². The van der Waals surface area contributed by atoms with Crippen LogP contribution in [0, 0.1) is 10.8 Å². The Hall–Kier alpha value is -0.310. The Morgan fingerprint density at radius 3 is 1.60 bits per heavy atom. The Bertz CT molecular complexity index is 481. The molecule has 1 heterocycles. The minimum absolute atomic E-state index is 0.0387. The molecule has 0 atom stereocenters. The van der Waals surface area contributed by atoms with E-state index in [9.17, 15) is 4.21 Å².